The van der Waals surface area contributed by atoms with Crippen molar-refractivity contribution < 1.29 is 8.78 Å². The number of unbranched alkanes of at least 4 members (excludes halogenated alkanes) is 1. The Kier molecular flexibility index (Phi) is 9.41. The molecule has 3 rings (SSSR count). The zero-order valence-corrected chi connectivity index (χ0v) is 22.1. The molecule has 0 spiro atoms. The smallest absolute Gasteiger partial charge is 0.299 e. The highest BCUT2D eigenvalue weighted by molar-refractivity contribution is 14.1. The van der Waals surface area contributed by atoms with Crippen molar-refractivity contribution in [3.8, 4) is 0 Å². The fourth-order valence-electron chi connectivity index (χ4n) is 3.35. The van der Waals surface area contributed by atoms with Gasteiger partial charge < -0.3 is 5.32 Å². The maximum Gasteiger partial charge on any atom is 0.299 e. The van der Waals surface area contributed by atoms with Gasteiger partial charge >= 0.3 is 0 Å². The second-order valence-corrected chi connectivity index (χ2v) is 10.3. The van der Waals surface area contributed by atoms with Gasteiger partial charge in [-0.05, 0) is 83.7 Å². The molecule has 0 bridgehead atoms. The molecule has 5 nitrogen and oxygen atoms in total. The van der Waals surface area contributed by atoms with Crippen LogP contribution in [0.3, 0.4) is 0 Å². The van der Waals surface area contributed by atoms with Gasteiger partial charge in [-0.3, -0.25) is 4.79 Å². The predicted molar refractivity (Wildman–Crippen MR) is 142 cm³/mol. The van der Waals surface area contributed by atoms with Crippen molar-refractivity contribution >= 4 is 45.8 Å². The number of rotatable bonds is 11. The van der Waals surface area contributed by atoms with Gasteiger partial charge in [0, 0.05) is 16.6 Å². The topological polar surface area (TPSA) is 59.8 Å². The number of aromatic nitrogens is 3. The van der Waals surface area contributed by atoms with Gasteiger partial charge in [-0.25, -0.2) is 4.68 Å². The Morgan fingerprint density at radius 1 is 1.09 bits per heavy atom. The van der Waals surface area contributed by atoms with Crippen molar-refractivity contribution in [2.45, 2.75) is 56.4 Å². The van der Waals surface area contributed by atoms with Gasteiger partial charge in [-0.1, -0.05) is 56.1 Å². The first-order chi connectivity index (χ1) is 16.2. The molecule has 0 saturated heterocycles. The Bertz CT molecular complexity index is 1130. The number of aryl methyl sites for hydroxylation is 2. The van der Waals surface area contributed by atoms with Crippen LogP contribution in [-0.2, 0) is 19.4 Å². The van der Waals surface area contributed by atoms with E-state index in [-0.39, 0.29) is 5.56 Å². The molecule has 182 valence electrons. The molecule has 0 aliphatic rings. The van der Waals surface area contributed by atoms with Crippen LogP contribution in [0, 0.1) is 5.92 Å². The van der Waals surface area contributed by atoms with Crippen molar-refractivity contribution in [1.29, 1.82) is 0 Å². The zero-order valence-electron chi connectivity index (χ0n) is 19.2. The van der Waals surface area contributed by atoms with Gasteiger partial charge in [0.05, 0.1) is 6.54 Å². The number of halogens is 4. The fraction of sp³-hybridized carbons (Fsp3) is 0.400. The third-order valence-electron chi connectivity index (χ3n) is 5.59. The normalized spacial score (nSPS) is 12.5. The Labute approximate surface area is 217 Å². The van der Waals surface area contributed by atoms with Crippen molar-refractivity contribution in [2.75, 3.05) is 5.32 Å². The van der Waals surface area contributed by atoms with Crippen molar-refractivity contribution in [2.24, 2.45) is 5.92 Å². The van der Waals surface area contributed by atoms with E-state index in [0.29, 0.717) is 42.5 Å². The molecular formula is C25H28ClF2IN4O. The lowest BCUT2D eigenvalue weighted by Crippen LogP contribution is -2.24. The molecule has 0 amide bonds. The van der Waals surface area contributed by atoms with Gasteiger partial charge in [0.2, 0.25) is 5.95 Å². The van der Waals surface area contributed by atoms with Gasteiger partial charge in [0.25, 0.3) is 9.49 Å². The average molecular weight is 601 g/mol. The number of nitrogens with zero attached hydrogens (tertiary/aromatic N) is 3. The van der Waals surface area contributed by atoms with Crippen LogP contribution in [0.5, 0.6) is 0 Å². The molecule has 0 saturated carbocycles. The summed E-state index contributed by atoms with van der Waals surface area (Å²) < 4.78 is 25.8. The molecule has 3 aromatic rings. The summed E-state index contributed by atoms with van der Waals surface area (Å²) in [7, 11) is 0. The molecule has 9 heteroatoms. The second-order valence-electron chi connectivity index (χ2n) is 8.38. The number of benzene rings is 2. The first-order valence-corrected chi connectivity index (χ1v) is 12.8. The Balaban J connectivity index is 1.80. The second kappa shape index (κ2) is 12.1. The van der Waals surface area contributed by atoms with E-state index in [1.165, 1.54) is 22.6 Å². The highest BCUT2D eigenvalue weighted by atomic mass is 127. The fourth-order valence-corrected chi connectivity index (χ4v) is 3.79. The van der Waals surface area contributed by atoms with E-state index in [1.807, 2.05) is 48.5 Å². The molecule has 0 aliphatic heterocycles. The molecule has 1 aromatic heterocycles. The number of hydrogen-bond acceptors (Lipinski definition) is 4. The molecule has 0 unspecified atom stereocenters. The van der Waals surface area contributed by atoms with Crippen LogP contribution in [0.15, 0.2) is 53.3 Å². The highest BCUT2D eigenvalue weighted by Crippen LogP contribution is 2.34. The molecule has 0 radical (unpaired) electrons. The van der Waals surface area contributed by atoms with Gasteiger partial charge in [-0.2, -0.15) is 18.9 Å². The molecule has 1 N–H and O–H groups in total. The predicted octanol–water partition coefficient (Wildman–Crippen LogP) is 7.02. The quantitative estimate of drug-likeness (QED) is 0.190. The zero-order chi connectivity index (χ0) is 24.7. The Morgan fingerprint density at radius 2 is 1.74 bits per heavy atom. The number of alkyl halides is 3. The number of anilines is 2. The van der Waals surface area contributed by atoms with E-state index >= 15 is 0 Å². The summed E-state index contributed by atoms with van der Waals surface area (Å²) in [5.74, 6) is -0.360. The first-order valence-electron chi connectivity index (χ1n) is 11.3. The minimum Gasteiger partial charge on any atom is -0.324 e. The number of nitrogens with one attached hydrogen (secondary N) is 1. The summed E-state index contributed by atoms with van der Waals surface area (Å²) in [6.45, 7) is 4.05. The third-order valence-corrected chi connectivity index (χ3v) is 6.90. The van der Waals surface area contributed by atoms with Crippen LogP contribution in [0.2, 0.25) is 5.02 Å². The van der Waals surface area contributed by atoms with Crippen LogP contribution in [-0.4, -0.2) is 18.7 Å². The summed E-state index contributed by atoms with van der Waals surface area (Å²) in [4.78, 5) is 16.8. The van der Waals surface area contributed by atoms with Crippen LogP contribution >= 0.6 is 34.2 Å². The Hall–Kier alpha value is -2.07. The van der Waals surface area contributed by atoms with Gasteiger partial charge in [0.15, 0.2) is 0 Å². The van der Waals surface area contributed by atoms with Crippen molar-refractivity contribution in [3.05, 3.63) is 80.7 Å². The third kappa shape index (κ3) is 7.73. The lowest BCUT2D eigenvalue weighted by atomic mass is 10.0. The maximum absolute atomic E-state index is 13.4. The SMILES string of the molecule is CCCCc1nn(Cc2ccc(Cl)cc2)c(Nc2ccc(CC[C@H](C)C(F)(F)I)cc2)nc1=O. The minimum absolute atomic E-state index is 0.339. The lowest BCUT2D eigenvalue weighted by molar-refractivity contribution is 0.0622. The summed E-state index contributed by atoms with van der Waals surface area (Å²) >= 11 is 7.20. The molecular weight excluding hydrogens is 573 g/mol. The van der Waals surface area contributed by atoms with E-state index in [1.54, 1.807) is 11.6 Å². The molecule has 1 heterocycles. The molecule has 0 aliphatic carbocycles. The molecule has 34 heavy (non-hydrogen) atoms. The molecule has 1 atom stereocenters. The lowest BCUT2D eigenvalue weighted by Gasteiger charge is -2.17. The Morgan fingerprint density at radius 3 is 2.35 bits per heavy atom. The number of hydrogen-bond donors (Lipinski definition) is 1. The van der Waals surface area contributed by atoms with E-state index in [2.05, 4.69) is 22.3 Å². The van der Waals surface area contributed by atoms with Crippen molar-refractivity contribution in [3.63, 3.8) is 0 Å². The minimum atomic E-state index is -2.71. The molecule has 0 fully saturated rings. The maximum atomic E-state index is 13.4. The largest absolute Gasteiger partial charge is 0.324 e. The van der Waals surface area contributed by atoms with Crippen LogP contribution < -0.4 is 10.9 Å². The summed E-state index contributed by atoms with van der Waals surface area (Å²) in [5.41, 5.74) is 2.78. The average Bonchev–Trinajstić information content (AvgIpc) is 2.80. The summed E-state index contributed by atoms with van der Waals surface area (Å²) in [6.07, 6.45) is 3.36. The van der Waals surface area contributed by atoms with Crippen LogP contribution in [0.1, 0.15) is 49.9 Å². The van der Waals surface area contributed by atoms with Crippen LogP contribution in [0.4, 0.5) is 20.4 Å². The summed E-state index contributed by atoms with van der Waals surface area (Å²) in [5, 5.41) is 8.42. The highest BCUT2D eigenvalue weighted by Gasteiger charge is 2.31. The first kappa shape index (κ1) is 26.5. The van der Waals surface area contributed by atoms with E-state index in [4.69, 9.17) is 11.6 Å². The van der Waals surface area contributed by atoms with Gasteiger partial charge in [-0.15, -0.1) is 0 Å². The monoisotopic (exact) mass is 600 g/mol. The molecule has 2 aromatic carbocycles. The summed E-state index contributed by atoms with van der Waals surface area (Å²) in [6, 6.07) is 14.9. The van der Waals surface area contributed by atoms with Gasteiger partial charge in [0.1, 0.15) is 5.69 Å². The van der Waals surface area contributed by atoms with Crippen molar-refractivity contribution in [1.82, 2.24) is 14.8 Å². The van der Waals surface area contributed by atoms with E-state index in [9.17, 15) is 13.6 Å². The van der Waals surface area contributed by atoms with Crippen LogP contribution in [0.25, 0.3) is 0 Å². The van der Waals surface area contributed by atoms with E-state index in [0.717, 1.165) is 29.7 Å². The standard InChI is InChI=1S/C25H28ClF2IN4O/c1-3-4-5-22-23(34)31-24(33(32-22)16-19-8-12-20(26)13-9-19)30-21-14-10-18(11-15-21)7-6-17(2)25(27,28)29/h8-15,17H,3-7,16H2,1-2H3,(H,30,31,34)/t17-/m0/s1. The van der Waals surface area contributed by atoms with E-state index < -0.39 is 9.85 Å².